The van der Waals surface area contributed by atoms with Gasteiger partial charge in [-0.15, -0.1) is 0 Å². The molecule has 1 unspecified atom stereocenters. The van der Waals surface area contributed by atoms with Gasteiger partial charge in [-0.1, -0.05) is 19.4 Å². The molecule has 3 aromatic rings. The van der Waals surface area contributed by atoms with Crippen molar-refractivity contribution in [2.24, 2.45) is 0 Å². The minimum Gasteiger partial charge on any atom is -0.354 e. The van der Waals surface area contributed by atoms with E-state index < -0.39 is 0 Å². The standard InChI is InChI=1S/C26H29N7O/c1-3-4-21-15-24(32-26(30-21)31-22-6-5-18(2)20(14-22)16-27)33-12-9-23(17-33)29-25(34)13-19-7-10-28-11-8-19/h5-8,10-11,14-15,23H,3-4,9,12-13,17H2,1-2H3,(H,29,34)(H,30,31,32). The lowest BCUT2D eigenvalue weighted by atomic mass is 10.1. The second-order valence-electron chi connectivity index (χ2n) is 8.59. The van der Waals surface area contributed by atoms with Crippen LogP contribution in [-0.2, 0) is 17.6 Å². The highest BCUT2D eigenvalue weighted by molar-refractivity contribution is 5.79. The average molecular weight is 456 g/mol. The molecule has 0 spiro atoms. The van der Waals surface area contributed by atoms with Crippen molar-refractivity contribution in [2.45, 2.75) is 45.6 Å². The molecule has 1 aromatic carbocycles. The molecule has 1 atom stereocenters. The van der Waals surface area contributed by atoms with Crippen LogP contribution in [-0.4, -0.2) is 40.0 Å². The molecule has 0 radical (unpaired) electrons. The summed E-state index contributed by atoms with van der Waals surface area (Å²) in [5.41, 5.74) is 4.26. The number of rotatable bonds is 8. The Morgan fingerprint density at radius 1 is 1.21 bits per heavy atom. The first-order valence-corrected chi connectivity index (χ1v) is 11.6. The van der Waals surface area contributed by atoms with Gasteiger partial charge in [-0.05, 0) is 55.2 Å². The molecule has 4 rings (SSSR count). The Labute approximate surface area is 200 Å². The fourth-order valence-electron chi connectivity index (χ4n) is 4.09. The monoisotopic (exact) mass is 455 g/mol. The molecule has 174 valence electrons. The Kier molecular flexibility index (Phi) is 7.33. The van der Waals surface area contributed by atoms with Gasteiger partial charge in [0.2, 0.25) is 11.9 Å². The van der Waals surface area contributed by atoms with Gasteiger partial charge in [0, 0.05) is 49.0 Å². The number of hydrogen-bond acceptors (Lipinski definition) is 7. The van der Waals surface area contributed by atoms with E-state index in [9.17, 15) is 10.1 Å². The van der Waals surface area contributed by atoms with E-state index in [-0.39, 0.29) is 11.9 Å². The maximum atomic E-state index is 12.5. The van der Waals surface area contributed by atoms with Crippen LogP contribution in [0.15, 0.2) is 48.8 Å². The van der Waals surface area contributed by atoms with Crippen molar-refractivity contribution in [1.82, 2.24) is 20.3 Å². The van der Waals surface area contributed by atoms with Crippen molar-refractivity contribution in [3.63, 3.8) is 0 Å². The smallest absolute Gasteiger partial charge is 0.229 e. The van der Waals surface area contributed by atoms with Crippen LogP contribution in [0, 0.1) is 18.3 Å². The Hall–Kier alpha value is -3.99. The molecule has 1 fully saturated rings. The Morgan fingerprint density at radius 3 is 2.79 bits per heavy atom. The molecule has 2 aromatic heterocycles. The lowest BCUT2D eigenvalue weighted by Gasteiger charge is -2.20. The second kappa shape index (κ2) is 10.8. The number of aromatic nitrogens is 3. The van der Waals surface area contributed by atoms with Crippen molar-refractivity contribution in [1.29, 1.82) is 5.26 Å². The van der Waals surface area contributed by atoms with Gasteiger partial charge in [-0.3, -0.25) is 9.78 Å². The van der Waals surface area contributed by atoms with E-state index in [4.69, 9.17) is 4.98 Å². The molecule has 1 aliphatic rings. The summed E-state index contributed by atoms with van der Waals surface area (Å²) in [6.45, 7) is 5.55. The van der Waals surface area contributed by atoms with E-state index in [0.717, 1.165) is 54.1 Å². The Bertz CT molecular complexity index is 1190. The topological polar surface area (TPSA) is 107 Å². The van der Waals surface area contributed by atoms with E-state index >= 15 is 0 Å². The third-order valence-corrected chi connectivity index (χ3v) is 5.88. The number of pyridine rings is 1. The summed E-state index contributed by atoms with van der Waals surface area (Å²) in [6, 6.07) is 13.7. The van der Waals surface area contributed by atoms with Gasteiger partial charge in [0.15, 0.2) is 0 Å². The number of carbonyl (C=O) groups excluding carboxylic acids is 1. The highest BCUT2D eigenvalue weighted by atomic mass is 16.1. The third kappa shape index (κ3) is 5.87. The minimum atomic E-state index is 0.0161. The number of nitrogens with one attached hydrogen (secondary N) is 2. The quantitative estimate of drug-likeness (QED) is 0.533. The zero-order valence-corrected chi connectivity index (χ0v) is 19.6. The van der Waals surface area contributed by atoms with Crippen LogP contribution in [0.3, 0.4) is 0 Å². The minimum absolute atomic E-state index is 0.0161. The van der Waals surface area contributed by atoms with Gasteiger partial charge in [0.05, 0.1) is 18.1 Å². The number of nitriles is 1. The second-order valence-corrected chi connectivity index (χ2v) is 8.59. The molecule has 1 amide bonds. The summed E-state index contributed by atoms with van der Waals surface area (Å²) in [7, 11) is 0. The Morgan fingerprint density at radius 2 is 2.03 bits per heavy atom. The molecule has 8 nitrogen and oxygen atoms in total. The molecular formula is C26H29N7O. The lowest BCUT2D eigenvalue weighted by Crippen LogP contribution is -2.38. The first-order chi connectivity index (χ1) is 16.5. The van der Waals surface area contributed by atoms with Crippen LogP contribution < -0.4 is 15.5 Å². The summed E-state index contributed by atoms with van der Waals surface area (Å²) in [5.74, 6) is 1.38. The Balaban J connectivity index is 1.45. The third-order valence-electron chi connectivity index (χ3n) is 5.88. The first kappa shape index (κ1) is 23.2. The molecular weight excluding hydrogens is 426 g/mol. The summed E-state index contributed by atoms with van der Waals surface area (Å²) in [5, 5.41) is 15.7. The zero-order valence-electron chi connectivity index (χ0n) is 19.6. The highest BCUT2D eigenvalue weighted by Crippen LogP contribution is 2.24. The van der Waals surface area contributed by atoms with Crippen LogP contribution in [0.5, 0.6) is 0 Å². The number of carbonyl (C=O) groups is 1. The maximum absolute atomic E-state index is 12.5. The number of aryl methyl sites for hydroxylation is 2. The van der Waals surface area contributed by atoms with E-state index in [1.54, 1.807) is 12.4 Å². The van der Waals surface area contributed by atoms with Gasteiger partial charge in [0.1, 0.15) is 5.82 Å². The van der Waals surface area contributed by atoms with Gasteiger partial charge < -0.3 is 15.5 Å². The fourth-order valence-corrected chi connectivity index (χ4v) is 4.09. The maximum Gasteiger partial charge on any atom is 0.229 e. The predicted octanol–water partition coefficient (Wildman–Crippen LogP) is 3.69. The van der Waals surface area contributed by atoms with Gasteiger partial charge in [0.25, 0.3) is 0 Å². The SMILES string of the molecule is CCCc1cc(N2CCC(NC(=O)Cc3ccncc3)C2)nc(Nc2ccc(C)c(C#N)c2)n1. The number of benzene rings is 1. The number of amides is 1. The van der Waals surface area contributed by atoms with Gasteiger partial charge >= 0.3 is 0 Å². The molecule has 0 saturated carbocycles. The van der Waals surface area contributed by atoms with E-state index in [1.165, 1.54) is 0 Å². The van der Waals surface area contributed by atoms with Crippen LogP contribution in [0.1, 0.15) is 42.1 Å². The lowest BCUT2D eigenvalue weighted by molar-refractivity contribution is -0.121. The average Bonchev–Trinajstić information content (AvgIpc) is 3.29. The van der Waals surface area contributed by atoms with Crippen molar-refractivity contribution in [3.8, 4) is 6.07 Å². The summed E-state index contributed by atoms with van der Waals surface area (Å²) < 4.78 is 0. The summed E-state index contributed by atoms with van der Waals surface area (Å²) in [6.07, 6.45) is 6.44. The van der Waals surface area contributed by atoms with Gasteiger partial charge in [-0.2, -0.15) is 10.2 Å². The molecule has 1 aliphatic heterocycles. The van der Waals surface area contributed by atoms with E-state index in [2.05, 4.69) is 38.5 Å². The van der Waals surface area contributed by atoms with E-state index in [0.29, 0.717) is 24.5 Å². The molecule has 0 bridgehead atoms. The van der Waals surface area contributed by atoms with Gasteiger partial charge in [-0.25, -0.2) is 4.98 Å². The number of hydrogen-bond donors (Lipinski definition) is 2. The first-order valence-electron chi connectivity index (χ1n) is 11.6. The van der Waals surface area contributed by atoms with Crippen LogP contribution in [0.4, 0.5) is 17.5 Å². The zero-order chi connectivity index (χ0) is 23.9. The molecule has 1 saturated heterocycles. The number of anilines is 3. The predicted molar refractivity (Wildman–Crippen MR) is 132 cm³/mol. The molecule has 34 heavy (non-hydrogen) atoms. The molecule has 2 N–H and O–H groups in total. The molecule has 3 heterocycles. The summed E-state index contributed by atoms with van der Waals surface area (Å²) in [4.78, 5) is 28.1. The summed E-state index contributed by atoms with van der Waals surface area (Å²) >= 11 is 0. The van der Waals surface area contributed by atoms with Crippen LogP contribution in [0.25, 0.3) is 0 Å². The normalized spacial score (nSPS) is 15.1. The highest BCUT2D eigenvalue weighted by Gasteiger charge is 2.25. The number of nitrogens with zero attached hydrogens (tertiary/aromatic N) is 5. The fraction of sp³-hybridized carbons (Fsp3) is 0.346. The molecule has 8 heteroatoms. The molecule has 0 aliphatic carbocycles. The van der Waals surface area contributed by atoms with Crippen LogP contribution >= 0.6 is 0 Å². The largest absolute Gasteiger partial charge is 0.354 e. The van der Waals surface area contributed by atoms with Crippen molar-refractivity contribution in [3.05, 3.63) is 71.2 Å². The van der Waals surface area contributed by atoms with Crippen molar-refractivity contribution >= 4 is 23.4 Å². The van der Waals surface area contributed by atoms with Crippen molar-refractivity contribution in [2.75, 3.05) is 23.3 Å². The van der Waals surface area contributed by atoms with Crippen LogP contribution in [0.2, 0.25) is 0 Å². The van der Waals surface area contributed by atoms with Crippen molar-refractivity contribution < 1.29 is 4.79 Å². The van der Waals surface area contributed by atoms with E-state index in [1.807, 2.05) is 43.3 Å².